The molecule has 0 fully saturated rings. The average Bonchev–Trinajstić information content (AvgIpc) is 2.35. The fraction of sp³-hybridized carbons (Fsp3) is 0.200. The van der Waals surface area contributed by atoms with Crippen LogP contribution >= 0.6 is 0 Å². The highest BCUT2D eigenvalue weighted by molar-refractivity contribution is 5.51. The maximum Gasteiger partial charge on any atom is 0.146 e. The van der Waals surface area contributed by atoms with Crippen molar-refractivity contribution in [3.63, 3.8) is 0 Å². The first kappa shape index (κ1) is 13.3. The molecule has 19 heavy (non-hydrogen) atoms. The number of hydrogen-bond donors (Lipinski definition) is 2. The summed E-state index contributed by atoms with van der Waals surface area (Å²) in [5.74, 6) is -0.892. The highest BCUT2D eigenvalue weighted by atomic mass is 19.1. The van der Waals surface area contributed by atoms with Crippen molar-refractivity contribution < 1.29 is 8.78 Å². The predicted octanol–water partition coefficient (Wildman–Crippen LogP) is 3.46. The Bertz CT molecular complexity index is 568. The molecule has 0 saturated heterocycles. The summed E-state index contributed by atoms with van der Waals surface area (Å²) >= 11 is 0. The van der Waals surface area contributed by atoms with E-state index in [4.69, 9.17) is 11.5 Å². The van der Waals surface area contributed by atoms with Crippen LogP contribution in [0.25, 0.3) is 0 Å². The van der Waals surface area contributed by atoms with Crippen LogP contribution in [-0.2, 0) is 5.41 Å². The summed E-state index contributed by atoms with van der Waals surface area (Å²) in [6, 6.07) is 9.19. The second kappa shape index (κ2) is 4.53. The van der Waals surface area contributed by atoms with Gasteiger partial charge in [0, 0.05) is 5.41 Å². The second-order valence-electron chi connectivity index (χ2n) is 5.10. The first-order valence-corrected chi connectivity index (χ1v) is 5.93. The first-order valence-electron chi connectivity index (χ1n) is 5.93. The largest absolute Gasteiger partial charge is 0.396 e. The van der Waals surface area contributed by atoms with E-state index in [0.29, 0.717) is 0 Å². The average molecular weight is 262 g/mol. The number of nitrogen functional groups attached to an aromatic ring is 2. The van der Waals surface area contributed by atoms with Gasteiger partial charge in [-0.3, -0.25) is 0 Å². The molecule has 2 aromatic carbocycles. The molecule has 0 radical (unpaired) electrons. The number of benzene rings is 2. The summed E-state index contributed by atoms with van der Waals surface area (Å²) in [7, 11) is 0. The van der Waals surface area contributed by atoms with Gasteiger partial charge >= 0.3 is 0 Å². The van der Waals surface area contributed by atoms with E-state index >= 15 is 0 Å². The van der Waals surface area contributed by atoms with Crippen LogP contribution in [0.4, 0.5) is 20.2 Å². The summed E-state index contributed by atoms with van der Waals surface area (Å²) in [5.41, 5.74) is 12.6. The third-order valence-corrected chi connectivity index (χ3v) is 3.44. The molecule has 100 valence electrons. The maximum atomic E-state index is 13.2. The van der Waals surface area contributed by atoms with Gasteiger partial charge in [0.2, 0.25) is 0 Å². The van der Waals surface area contributed by atoms with Gasteiger partial charge in [0.1, 0.15) is 11.6 Å². The summed E-state index contributed by atoms with van der Waals surface area (Å²) in [4.78, 5) is 0. The van der Waals surface area contributed by atoms with Crippen molar-refractivity contribution in [3.05, 3.63) is 59.2 Å². The highest BCUT2D eigenvalue weighted by Gasteiger charge is 2.24. The number of anilines is 2. The molecule has 0 heterocycles. The summed E-state index contributed by atoms with van der Waals surface area (Å²) in [6.07, 6.45) is 0. The van der Waals surface area contributed by atoms with Crippen molar-refractivity contribution in [2.75, 3.05) is 11.5 Å². The molecule has 0 unspecified atom stereocenters. The molecule has 4 N–H and O–H groups in total. The van der Waals surface area contributed by atoms with Gasteiger partial charge in [-0.05, 0) is 35.4 Å². The Hall–Kier alpha value is -2.10. The second-order valence-corrected chi connectivity index (χ2v) is 5.10. The van der Waals surface area contributed by atoms with E-state index in [0.717, 1.165) is 11.1 Å². The van der Waals surface area contributed by atoms with E-state index < -0.39 is 17.0 Å². The highest BCUT2D eigenvalue weighted by Crippen LogP contribution is 2.34. The molecule has 2 nitrogen and oxygen atoms in total. The van der Waals surface area contributed by atoms with E-state index in [1.807, 2.05) is 13.8 Å². The lowest BCUT2D eigenvalue weighted by atomic mass is 9.78. The third-order valence-electron chi connectivity index (χ3n) is 3.44. The van der Waals surface area contributed by atoms with Gasteiger partial charge < -0.3 is 11.5 Å². The number of nitrogens with two attached hydrogens (primary N) is 2. The Labute approximate surface area is 111 Å². The number of hydrogen-bond acceptors (Lipinski definition) is 2. The van der Waals surface area contributed by atoms with Crippen molar-refractivity contribution >= 4 is 11.4 Å². The molecule has 0 aliphatic carbocycles. The van der Waals surface area contributed by atoms with Gasteiger partial charge in [0.15, 0.2) is 0 Å². The zero-order chi connectivity index (χ0) is 14.2. The van der Waals surface area contributed by atoms with Crippen LogP contribution in [0, 0.1) is 11.6 Å². The van der Waals surface area contributed by atoms with Crippen molar-refractivity contribution in [2.24, 2.45) is 0 Å². The maximum absolute atomic E-state index is 13.2. The van der Waals surface area contributed by atoms with Crippen LogP contribution in [0.3, 0.4) is 0 Å². The van der Waals surface area contributed by atoms with E-state index in [-0.39, 0.29) is 11.4 Å². The molecule has 0 aliphatic heterocycles. The van der Waals surface area contributed by atoms with Crippen LogP contribution < -0.4 is 11.5 Å². The third kappa shape index (κ3) is 2.38. The minimum absolute atomic E-state index is 0.0978. The lowest BCUT2D eigenvalue weighted by molar-refractivity contribution is 0.611. The topological polar surface area (TPSA) is 52.0 Å². The van der Waals surface area contributed by atoms with Crippen molar-refractivity contribution in [1.82, 2.24) is 0 Å². The molecule has 0 aromatic heterocycles. The van der Waals surface area contributed by atoms with Crippen LogP contribution in [0.1, 0.15) is 25.0 Å². The van der Waals surface area contributed by atoms with E-state index in [1.54, 1.807) is 24.3 Å². The number of rotatable bonds is 2. The minimum atomic E-state index is -0.446. The van der Waals surface area contributed by atoms with Gasteiger partial charge in [-0.2, -0.15) is 0 Å². The minimum Gasteiger partial charge on any atom is -0.396 e. The molecular weight excluding hydrogens is 246 g/mol. The van der Waals surface area contributed by atoms with Gasteiger partial charge in [-0.25, -0.2) is 8.78 Å². The normalized spacial score (nSPS) is 11.6. The zero-order valence-corrected chi connectivity index (χ0v) is 10.9. The standard InChI is InChI=1S/C15H16F2N2/c1-15(2,9-3-5-11(16)13(18)7-9)10-4-6-12(17)14(19)8-10/h3-8H,18-19H2,1-2H3. The molecule has 0 bridgehead atoms. The molecule has 2 aromatic rings. The Morgan fingerprint density at radius 2 is 1.16 bits per heavy atom. The smallest absolute Gasteiger partial charge is 0.146 e. The van der Waals surface area contributed by atoms with E-state index in [2.05, 4.69) is 0 Å². The van der Waals surface area contributed by atoms with Crippen LogP contribution in [0.15, 0.2) is 36.4 Å². The van der Waals surface area contributed by atoms with E-state index in [1.165, 1.54) is 12.1 Å². The Kier molecular flexibility index (Phi) is 3.18. The molecule has 0 amide bonds. The van der Waals surface area contributed by atoms with Crippen molar-refractivity contribution in [1.29, 1.82) is 0 Å². The summed E-state index contributed by atoms with van der Waals surface area (Å²) in [6.45, 7) is 3.90. The van der Waals surface area contributed by atoms with Crippen LogP contribution in [0.5, 0.6) is 0 Å². The SMILES string of the molecule is CC(C)(c1ccc(F)c(N)c1)c1ccc(F)c(N)c1. The van der Waals surface area contributed by atoms with Crippen molar-refractivity contribution in [3.8, 4) is 0 Å². The fourth-order valence-corrected chi connectivity index (χ4v) is 2.03. The Balaban J connectivity index is 2.51. The summed E-state index contributed by atoms with van der Waals surface area (Å²) in [5, 5.41) is 0. The molecular formula is C15H16F2N2. The zero-order valence-electron chi connectivity index (χ0n) is 10.9. The molecule has 0 spiro atoms. The van der Waals surface area contributed by atoms with Gasteiger partial charge in [0.05, 0.1) is 11.4 Å². The van der Waals surface area contributed by atoms with Crippen LogP contribution in [-0.4, -0.2) is 0 Å². The van der Waals surface area contributed by atoms with Crippen molar-refractivity contribution in [2.45, 2.75) is 19.3 Å². The molecule has 4 heteroatoms. The molecule has 0 atom stereocenters. The van der Waals surface area contributed by atoms with E-state index in [9.17, 15) is 8.78 Å². The van der Waals surface area contributed by atoms with Gasteiger partial charge in [-0.1, -0.05) is 26.0 Å². The summed E-state index contributed by atoms with van der Waals surface area (Å²) < 4.78 is 26.4. The molecule has 2 rings (SSSR count). The Morgan fingerprint density at radius 1 is 0.789 bits per heavy atom. The molecule has 0 aliphatic rings. The lowest BCUT2D eigenvalue weighted by Crippen LogP contribution is -2.19. The lowest BCUT2D eigenvalue weighted by Gasteiger charge is -2.26. The predicted molar refractivity (Wildman–Crippen MR) is 73.8 cm³/mol. The molecule has 0 saturated carbocycles. The van der Waals surface area contributed by atoms with Gasteiger partial charge in [-0.15, -0.1) is 0 Å². The van der Waals surface area contributed by atoms with Crippen LogP contribution in [0.2, 0.25) is 0 Å². The fourth-order valence-electron chi connectivity index (χ4n) is 2.03. The Morgan fingerprint density at radius 3 is 1.47 bits per heavy atom. The monoisotopic (exact) mass is 262 g/mol. The first-order chi connectivity index (χ1) is 8.82. The van der Waals surface area contributed by atoms with Gasteiger partial charge in [0.25, 0.3) is 0 Å². The quantitative estimate of drug-likeness (QED) is 0.814. The number of halogens is 2.